The van der Waals surface area contributed by atoms with Gasteiger partial charge in [0, 0.05) is 0 Å². The topological polar surface area (TPSA) is 47.1 Å². The molecule has 0 radical (unpaired) electrons. The number of hydrogen-bond donors (Lipinski definition) is 2. The molecular formula is C9H18N4O. The molecule has 2 saturated heterocycles. The average Bonchev–Trinajstić information content (AvgIpc) is 3.00. The molecule has 0 bridgehead atoms. The quantitative estimate of drug-likeness (QED) is 0.605. The molecule has 0 spiro atoms. The van der Waals surface area contributed by atoms with Crippen molar-refractivity contribution in [3.8, 4) is 0 Å². The first-order chi connectivity index (χ1) is 6.77. The molecule has 14 heavy (non-hydrogen) atoms. The minimum atomic E-state index is 0.168. The molecule has 0 saturated carbocycles. The zero-order chi connectivity index (χ0) is 10.1. The molecule has 2 rings (SSSR count). The van der Waals surface area contributed by atoms with Crippen molar-refractivity contribution in [2.24, 2.45) is 0 Å². The van der Waals surface area contributed by atoms with Gasteiger partial charge in [-0.2, -0.15) is 0 Å². The van der Waals surface area contributed by atoms with Crippen LogP contribution in [-0.2, 0) is 0 Å². The molecule has 2 amide bonds. The van der Waals surface area contributed by atoms with Crippen LogP contribution >= 0.6 is 0 Å². The van der Waals surface area contributed by atoms with E-state index in [4.69, 9.17) is 0 Å². The molecule has 2 heterocycles. The third-order valence-electron chi connectivity index (χ3n) is 2.60. The van der Waals surface area contributed by atoms with Crippen LogP contribution in [0.25, 0.3) is 0 Å². The Morgan fingerprint density at radius 1 is 1.14 bits per heavy atom. The van der Waals surface area contributed by atoms with Gasteiger partial charge >= 0.3 is 6.03 Å². The molecule has 0 aliphatic carbocycles. The molecule has 0 aromatic rings. The predicted molar refractivity (Wildman–Crippen MR) is 53.7 cm³/mol. The zero-order valence-electron chi connectivity index (χ0n) is 8.79. The second kappa shape index (κ2) is 3.74. The maximum atomic E-state index is 11.7. The number of likely N-dealkylation sites (N-methyl/N-ethyl adjacent to an activating group) is 2. The highest BCUT2D eigenvalue weighted by Gasteiger charge is 2.47. The summed E-state index contributed by atoms with van der Waals surface area (Å²) >= 11 is 0. The molecule has 2 unspecified atom stereocenters. The fourth-order valence-electron chi connectivity index (χ4n) is 1.69. The van der Waals surface area contributed by atoms with E-state index in [1.807, 2.05) is 9.80 Å². The lowest BCUT2D eigenvalue weighted by Crippen LogP contribution is -2.31. The first-order valence-electron chi connectivity index (χ1n) is 5.32. The standard InChI is InChI=1S/C9H18N4O/c1-3-10-7-5-12(7)9(14)13-6-8(13)11-4-2/h7-8,10-11H,3-6H2,1-2H3. The van der Waals surface area contributed by atoms with Crippen LogP contribution in [0.5, 0.6) is 0 Å². The van der Waals surface area contributed by atoms with Crippen molar-refractivity contribution < 1.29 is 4.79 Å². The predicted octanol–water partition coefficient (Wildman–Crippen LogP) is -0.391. The van der Waals surface area contributed by atoms with Crippen molar-refractivity contribution in [2.75, 3.05) is 26.2 Å². The lowest BCUT2D eigenvalue weighted by atomic mass is 10.6. The Labute approximate surface area is 84.4 Å². The fraction of sp³-hybridized carbons (Fsp3) is 0.889. The number of carbonyl (C=O) groups is 1. The van der Waals surface area contributed by atoms with Gasteiger partial charge in [-0.25, -0.2) is 4.79 Å². The summed E-state index contributed by atoms with van der Waals surface area (Å²) in [6, 6.07) is 0.168. The summed E-state index contributed by atoms with van der Waals surface area (Å²) in [5.41, 5.74) is 0. The van der Waals surface area contributed by atoms with Gasteiger partial charge in [0.05, 0.1) is 13.1 Å². The van der Waals surface area contributed by atoms with Crippen LogP contribution in [0.4, 0.5) is 4.79 Å². The summed E-state index contributed by atoms with van der Waals surface area (Å²) in [6.45, 7) is 7.68. The molecule has 5 heteroatoms. The van der Waals surface area contributed by atoms with Crippen molar-refractivity contribution in [2.45, 2.75) is 26.2 Å². The molecular weight excluding hydrogens is 180 g/mol. The van der Waals surface area contributed by atoms with Crippen molar-refractivity contribution in [1.29, 1.82) is 0 Å². The Bertz CT molecular complexity index is 211. The van der Waals surface area contributed by atoms with E-state index in [-0.39, 0.29) is 18.4 Å². The van der Waals surface area contributed by atoms with E-state index in [0.717, 1.165) is 26.2 Å². The molecule has 2 aliphatic heterocycles. The van der Waals surface area contributed by atoms with Crippen LogP contribution in [0.2, 0.25) is 0 Å². The molecule has 2 aliphatic rings. The molecule has 5 nitrogen and oxygen atoms in total. The number of carbonyl (C=O) groups excluding carboxylic acids is 1. The van der Waals surface area contributed by atoms with Crippen molar-refractivity contribution in [1.82, 2.24) is 20.4 Å². The highest BCUT2D eigenvalue weighted by molar-refractivity contribution is 5.79. The maximum Gasteiger partial charge on any atom is 0.322 e. The summed E-state index contributed by atoms with van der Waals surface area (Å²) in [5, 5.41) is 6.48. The Hall–Kier alpha value is -0.810. The van der Waals surface area contributed by atoms with Crippen LogP contribution in [0.3, 0.4) is 0 Å². The minimum absolute atomic E-state index is 0.168. The van der Waals surface area contributed by atoms with E-state index >= 15 is 0 Å². The van der Waals surface area contributed by atoms with Crippen LogP contribution in [0.1, 0.15) is 13.8 Å². The van der Waals surface area contributed by atoms with Gasteiger partial charge in [-0.3, -0.25) is 10.6 Å². The summed E-state index contributed by atoms with van der Waals surface area (Å²) in [6.07, 6.45) is 0.575. The number of nitrogens with zero attached hydrogens (tertiary/aromatic N) is 2. The zero-order valence-corrected chi connectivity index (χ0v) is 8.79. The molecule has 80 valence electrons. The van der Waals surface area contributed by atoms with Gasteiger partial charge in [-0.05, 0) is 13.1 Å². The van der Waals surface area contributed by atoms with Gasteiger partial charge in [0.25, 0.3) is 0 Å². The van der Waals surface area contributed by atoms with Gasteiger partial charge in [0.1, 0.15) is 12.3 Å². The Kier molecular flexibility index (Phi) is 2.60. The van der Waals surface area contributed by atoms with Crippen LogP contribution < -0.4 is 10.6 Å². The van der Waals surface area contributed by atoms with Crippen molar-refractivity contribution in [3.05, 3.63) is 0 Å². The largest absolute Gasteiger partial charge is 0.322 e. The monoisotopic (exact) mass is 198 g/mol. The first-order valence-corrected chi connectivity index (χ1v) is 5.32. The van der Waals surface area contributed by atoms with Gasteiger partial charge in [0.2, 0.25) is 0 Å². The van der Waals surface area contributed by atoms with E-state index < -0.39 is 0 Å². The highest BCUT2D eigenvalue weighted by Crippen LogP contribution is 2.24. The third-order valence-corrected chi connectivity index (χ3v) is 2.60. The Morgan fingerprint density at radius 2 is 1.57 bits per heavy atom. The molecule has 2 fully saturated rings. The second-order valence-electron chi connectivity index (χ2n) is 3.73. The van der Waals surface area contributed by atoms with E-state index in [2.05, 4.69) is 24.5 Å². The molecule has 0 aromatic carbocycles. The SMILES string of the molecule is CCNC1CN1C(=O)N1CC1NCC. The van der Waals surface area contributed by atoms with Crippen LogP contribution in [-0.4, -0.2) is 54.3 Å². The summed E-state index contributed by atoms with van der Waals surface area (Å²) in [5.74, 6) is 0. The highest BCUT2D eigenvalue weighted by atomic mass is 16.2. The van der Waals surface area contributed by atoms with Gasteiger partial charge in [0.15, 0.2) is 0 Å². The number of amides is 2. The average molecular weight is 198 g/mol. The normalized spacial score (nSPS) is 29.3. The number of nitrogens with one attached hydrogen (secondary N) is 2. The summed E-state index contributed by atoms with van der Waals surface area (Å²) in [4.78, 5) is 15.4. The third kappa shape index (κ3) is 1.83. The first kappa shape index (κ1) is 9.73. The van der Waals surface area contributed by atoms with E-state index in [1.165, 1.54) is 0 Å². The smallest absolute Gasteiger partial charge is 0.304 e. The van der Waals surface area contributed by atoms with Gasteiger partial charge in [-0.15, -0.1) is 0 Å². The Morgan fingerprint density at radius 3 is 1.93 bits per heavy atom. The number of urea groups is 1. The van der Waals surface area contributed by atoms with Gasteiger partial charge < -0.3 is 9.80 Å². The summed E-state index contributed by atoms with van der Waals surface area (Å²) in [7, 11) is 0. The van der Waals surface area contributed by atoms with Crippen molar-refractivity contribution >= 4 is 6.03 Å². The van der Waals surface area contributed by atoms with Crippen LogP contribution in [0, 0.1) is 0 Å². The molecule has 0 aromatic heterocycles. The van der Waals surface area contributed by atoms with E-state index in [1.54, 1.807) is 0 Å². The van der Waals surface area contributed by atoms with E-state index in [0.29, 0.717) is 0 Å². The summed E-state index contributed by atoms with van der Waals surface area (Å²) < 4.78 is 0. The lowest BCUT2D eigenvalue weighted by molar-refractivity contribution is 0.209. The molecule has 2 atom stereocenters. The van der Waals surface area contributed by atoms with E-state index in [9.17, 15) is 4.79 Å². The van der Waals surface area contributed by atoms with Gasteiger partial charge in [-0.1, -0.05) is 13.8 Å². The number of rotatable bonds is 4. The lowest BCUT2D eigenvalue weighted by Gasteiger charge is -2.06. The number of hydrogen-bond acceptors (Lipinski definition) is 3. The second-order valence-corrected chi connectivity index (χ2v) is 3.73. The van der Waals surface area contributed by atoms with Crippen LogP contribution in [0.15, 0.2) is 0 Å². The maximum absolute atomic E-state index is 11.7. The minimum Gasteiger partial charge on any atom is -0.304 e. The Balaban J connectivity index is 1.71. The molecule has 2 N–H and O–H groups in total. The fourth-order valence-corrected chi connectivity index (χ4v) is 1.69. The van der Waals surface area contributed by atoms with Crippen molar-refractivity contribution in [3.63, 3.8) is 0 Å².